The van der Waals surface area contributed by atoms with Crippen molar-refractivity contribution in [3.05, 3.63) is 53.6 Å². The number of azo groups is 1. The van der Waals surface area contributed by atoms with Crippen molar-refractivity contribution in [3.8, 4) is 0 Å². The minimum Gasteiger partial charge on any atom is -0.395 e. The Bertz CT molecular complexity index is 665. The first-order valence-electron chi connectivity index (χ1n) is 7.70. The monoisotopic (exact) mass is 313 g/mol. The van der Waals surface area contributed by atoms with Crippen molar-refractivity contribution in [2.45, 2.75) is 13.8 Å². The van der Waals surface area contributed by atoms with Gasteiger partial charge in [-0.25, -0.2) is 0 Å². The average Bonchev–Trinajstić information content (AvgIpc) is 2.55. The Labute approximate surface area is 136 Å². The first-order valence-corrected chi connectivity index (χ1v) is 7.70. The van der Waals surface area contributed by atoms with Crippen molar-refractivity contribution in [1.29, 1.82) is 0 Å². The predicted molar refractivity (Wildman–Crippen MR) is 92.9 cm³/mol. The summed E-state index contributed by atoms with van der Waals surface area (Å²) in [6, 6.07) is 13.7. The highest BCUT2D eigenvalue weighted by molar-refractivity contribution is 5.58. The molecule has 0 aliphatic carbocycles. The first kappa shape index (κ1) is 17.1. The van der Waals surface area contributed by atoms with Gasteiger partial charge in [-0.2, -0.15) is 10.2 Å². The molecule has 0 heterocycles. The van der Waals surface area contributed by atoms with Gasteiger partial charge < -0.3 is 15.1 Å². The van der Waals surface area contributed by atoms with Gasteiger partial charge in [-0.05, 0) is 49.2 Å². The van der Waals surface area contributed by atoms with Crippen molar-refractivity contribution in [2.75, 3.05) is 31.2 Å². The molecule has 2 rings (SSSR count). The van der Waals surface area contributed by atoms with E-state index in [2.05, 4.69) is 10.2 Å². The van der Waals surface area contributed by atoms with E-state index in [0.29, 0.717) is 13.1 Å². The second kappa shape index (κ2) is 8.41. The van der Waals surface area contributed by atoms with Crippen LogP contribution < -0.4 is 4.90 Å². The number of aryl methyl sites for hydroxylation is 2. The molecular weight excluding hydrogens is 290 g/mol. The molecule has 0 aliphatic heterocycles. The van der Waals surface area contributed by atoms with Gasteiger partial charge in [-0.15, -0.1) is 0 Å². The van der Waals surface area contributed by atoms with Gasteiger partial charge in [0.1, 0.15) is 0 Å². The maximum atomic E-state index is 9.13. The smallest absolute Gasteiger partial charge is 0.0887 e. The summed E-state index contributed by atoms with van der Waals surface area (Å²) in [7, 11) is 0. The maximum absolute atomic E-state index is 9.13. The number of hydrogen-bond acceptors (Lipinski definition) is 5. The number of nitrogens with zero attached hydrogens (tertiary/aromatic N) is 3. The molecular formula is C18H23N3O2. The molecule has 5 nitrogen and oxygen atoms in total. The summed E-state index contributed by atoms with van der Waals surface area (Å²) in [6.07, 6.45) is 0. The standard InChI is InChI=1S/C18H23N3O2/c1-14-5-3-4-6-17(14)19-20-18-8-7-16(13-15(18)2)21(9-11-22)10-12-23/h3-8,13,22-23H,9-12H2,1-2H3. The van der Waals surface area contributed by atoms with Gasteiger partial charge in [0, 0.05) is 18.8 Å². The third-order valence-corrected chi connectivity index (χ3v) is 3.67. The zero-order valence-electron chi connectivity index (χ0n) is 13.6. The molecule has 2 aromatic rings. The lowest BCUT2D eigenvalue weighted by molar-refractivity contribution is 0.281. The fraction of sp³-hybridized carbons (Fsp3) is 0.333. The Kier molecular flexibility index (Phi) is 6.26. The van der Waals surface area contributed by atoms with E-state index in [1.165, 1.54) is 0 Å². The molecule has 0 saturated carbocycles. The molecule has 0 radical (unpaired) electrons. The second-order valence-corrected chi connectivity index (χ2v) is 5.39. The number of aliphatic hydroxyl groups excluding tert-OH is 2. The minimum atomic E-state index is 0.0494. The van der Waals surface area contributed by atoms with Crippen molar-refractivity contribution < 1.29 is 10.2 Å². The van der Waals surface area contributed by atoms with Crippen molar-refractivity contribution in [3.63, 3.8) is 0 Å². The second-order valence-electron chi connectivity index (χ2n) is 5.39. The van der Waals surface area contributed by atoms with Crippen molar-refractivity contribution in [1.82, 2.24) is 0 Å². The van der Waals surface area contributed by atoms with Crippen molar-refractivity contribution >= 4 is 17.1 Å². The summed E-state index contributed by atoms with van der Waals surface area (Å²) in [5.74, 6) is 0. The summed E-state index contributed by atoms with van der Waals surface area (Å²) >= 11 is 0. The van der Waals surface area contributed by atoms with Crippen LogP contribution in [0.1, 0.15) is 11.1 Å². The number of rotatable bonds is 7. The Morgan fingerprint density at radius 3 is 2.00 bits per heavy atom. The molecule has 0 aromatic heterocycles. The summed E-state index contributed by atoms with van der Waals surface area (Å²) in [5, 5.41) is 26.9. The zero-order valence-corrected chi connectivity index (χ0v) is 13.6. The Morgan fingerprint density at radius 2 is 1.43 bits per heavy atom. The Morgan fingerprint density at radius 1 is 0.826 bits per heavy atom. The molecule has 122 valence electrons. The van der Waals surface area contributed by atoms with Gasteiger partial charge in [0.2, 0.25) is 0 Å². The van der Waals surface area contributed by atoms with E-state index in [1.54, 1.807) is 0 Å². The van der Waals surface area contributed by atoms with Crippen LogP contribution in [-0.4, -0.2) is 36.5 Å². The van der Waals surface area contributed by atoms with Gasteiger partial charge in [-0.3, -0.25) is 0 Å². The fourth-order valence-electron chi connectivity index (χ4n) is 2.34. The van der Waals surface area contributed by atoms with Crippen LogP contribution in [-0.2, 0) is 0 Å². The fourth-order valence-corrected chi connectivity index (χ4v) is 2.34. The highest BCUT2D eigenvalue weighted by Crippen LogP contribution is 2.27. The highest BCUT2D eigenvalue weighted by Gasteiger charge is 2.07. The van der Waals surface area contributed by atoms with E-state index < -0.39 is 0 Å². The largest absolute Gasteiger partial charge is 0.395 e. The quantitative estimate of drug-likeness (QED) is 0.769. The van der Waals surface area contributed by atoms with Crippen LogP contribution in [0, 0.1) is 13.8 Å². The van der Waals surface area contributed by atoms with E-state index in [0.717, 1.165) is 28.2 Å². The van der Waals surface area contributed by atoms with Gasteiger partial charge in [0.25, 0.3) is 0 Å². The van der Waals surface area contributed by atoms with E-state index >= 15 is 0 Å². The molecule has 0 spiro atoms. The van der Waals surface area contributed by atoms with Gasteiger partial charge in [0.05, 0.1) is 24.6 Å². The molecule has 0 aliphatic rings. The van der Waals surface area contributed by atoms with Crippen LogP contribution >= 0.6 is 0 Å². The molecule has 5 heteroatoms. The first-order chi connectivity index (χ1) is 11.2. The molecule has 2 aromatic carbocycles. The Balaban J connectivity index is 2.20. The predicted octanol–water partition coefficient (Wildman–Crippen LogP) is 3.51. The van der Waals surface area contributed by atoms with Gasteiger partial charge in [0.15, 0.2) is 0 Å². The Hall–Kier alpha value is -2.24. The molecule has 2 N–H and O–H groups in total. The maximum Gasteiger partial charge on any atom is 0.0887 e. The highest BCUT2D eigenvalue weighted by atomic mass is 16.3. The molecule has 0 amide bonds. The lowest BCUT2D eigenvalue weighted by Gasteiger charge is -2.23. The van der Waals surface area contributed by atoms with Crippen LogP contribution in [0.2, 0.25) is 0 Å². The lowest BCUT2D eigenvalue weighted by Crippen LogP contribution is -2.29. The topological polar surface area (TPSA) is 68.4 Å². The summed E-state index contributed by atoms with van der Waals surface area (Å²) in [5.41, 5.74) is 4.71. The number of aliphatic hydroxyl groups is 2. The summed E-state index contributed by atoms with van der Waals surface area (Å²) < 4.78 is 0. The van der Waals surface area contributed by atoms with E-state index in [4.69, 9.17) is 10.2 Å². The number of hydrogen-bond donors (Lipinski definition) is 2. The SMILES string of the molecule is Cc1ccccc1N=Nc1ccc(N(CCO)CCO)cc1C. The third-order valence-electron chi connectivity index (χ3n) is 3.67. The summed E-state index contributed by atoms with van der Waals surface area (Å²) in [6.45, 7) is 5.06. The van der Waals surface area contributed by atoms with Crippen LogP contribution in [0.15, 0.2) is 52.7 Å². The molecule has 0 atom stereocenters. The van der Waals surface area contributed by atoms with Crippen LogP contribution in [0.25, 0.3) is 0 Å². The summed E-state index contributed by atoms with van der Waals surface area (Å²) in [4.78, 5) is 1.94. The molecule has 0 saturated heterocycles. The van der Waals surface area contributed by atoms with Gasteiger partial charge in [-0.1, -0.05) is 18.2 Å². The average molecular weight is 313 g/mol. The molecule has 0 unspecified atom stereocenters. The van der Waals surface area contributed by atoms with Crippen LogP contribution in [0.5, 0.6) is 0 Å². The lowest BCUT2D eigenvalue weighted by atomic mass is 10.1. The molecule has 0 fully saturated rings. The number of benzene rings is 2. The zero-order chi connectivity index (χ0) is 16.7. The van der Waals surface area contributed by atoms with E-state index in [-0.39, 0.29) is 13.2 Å². The van der Waals surface area contributed by atoms with Crippen LogP contribution in [0.3, 0.4) is 0 Å². The third kappa shape index (κ3) is 4.61. The van der Waals surface area contributed by atoms with E-state index in [9.17, 15) is 0 Å². The number of anilines is 1. The minimum absolute atomic E-state index is 0.0494. The van der Waals surface area contributed by atoms with Crippen LogP contribution in [0.4, 0.5) is 17.1 Å². The van der Waals surface area contributed by atoms with E-state index in [1.807, 2.05) is 61.2 Å². The molecule has 0 bridgehead atoms. The van der Waals surface area contributed by atoms with Crippen molar-refractivity contribution in [2.24, 2.45) is 10.2 Å². The molecule has 23 heavy (non-hydrogen) atoms. The van der Waals surface area contributed by atoms with Gasteiger partial charge >= 0.3 is 0 Å². The normalized spacial score (nSPS) is 11.1.